The second kappa shape index (κ2) is 8.61. The Hall–Kier alpha value is -1.96. The molecule has 0 N–H and O–H groups in total. The van der Waals surface area contributed by atoms with Gasteiger partial charge in [0.05, 0.1) is 0 Å². The van der Waals surface area contributed by atoms with E-state index in [1.165, 1.54) is 32.6 Å². The van der Waals surface area contributed by atoms with Crippen LogP contribution in [-0.2, 0) is 15.6 Å². The van der Waals surface area contributed by atoms with Gasteiger partial charge >= 0.3 is 212 Å². The van der Waals surface area contributed by atoms with Crippen molar-refractivity contribution >= 4 is 33.3 Å². The molecule has 0 unspecified atom stereocenters. The predicted octanol–water partition coefficient (Wildman–Crippen LogP) is 7.21. The van der Waals surface area contributed by atoms with Crippen LogP contribution in [0.1, 0.15) is 14.8 Å². The molecule has 0 spiro atoms. The van der Waals surface area contributed by atoms with Crippen molar-refractivity contribution in [2.75, 3.05) is 0 Å². The maximum atomic E-state index is 8.43. The molecule has 4 aromatic carbocycles. The maximum absolute atomic E-state index is 8.43. The second-order valence-corrected chi connectivity index (χ2v) is 47.7. The fourth-order valence-corrected chi connectivity index (χ4v) is 51.7. The Bertz CT molecular complexity index is 1310. The summed E-state index contributed by atoms with van der Waals surface area (Å²) in [4.78, 5) is 0. The van der Waals surface area contributed by atoms with Crippen LogP contribution in [-0.4, -0.2) is 5.92 Å². The van der Waals surface area contributed by atoms with Gasteiger partial charge in [-0.1, -0.05) is 0 Å². The first kappa shape index (κ1) is 22.5. The first-order chi connectivity index (χ1) is 16.6. The molecule has 6 rings (SSSR count). The molecule has 167 valence electrons. The van der Waals surface area contributed by atoms with Gasteiger partial charge in [0.15, 0.2) is 0 Å². The molecule has 0 nitrogen and oxygen atoms in total. The summed E-state index contributed by atoms with van der Waals surface area (Å²) < 4.78 is 0.109. The Balaban J connectivity index is 1.72. The molecule has 0 fully saturated rings. The van der Waals surface area contributed by atoms with Crippen LogP contribution in [0.5, 0.6) is 0 Å². The number of allylic oxidation sites excluding steroid dienone is 4. The summed E-state index contributed by atoms with van der Waals surface area (Å²) in [6.45, 7) is 0. The van der Waals surface area contributed by atoms with Crippen molar-refractivity contribution in [3.05, 3.63) is 145 Å². The van der Waals surface area contributed by atoms with Crippen molar-refractivity contribution in [3.8, 4) is 11.1 Å². The van der Waals surface area contributed by atoms with Gasteiger partial charge < -0.3 is 0 Å². The van der Waals surface area contributed by atoms with Crippen LogP contribution >= 0.6 is 17.0 Å². The molecule has 0 amide bonds. The first-order valence-electron chi connectivity index (χ1n) is 11.8. The summed E-state index contributed by atoms with van der Waals surface area (Å²) >= 11 is -4.87. The molecular formula is C30H25Cl2SiZr. The molecule has 0 atom stereocenters. The van der Waals surface area contributed by atoms with E-state index in [2.05, 4.69) is 133 Å². The number of benzene rings is 4. The molecule has 0 saturated heterocycles. The molecule has 4 heteroatoms. The molecule has 0 aliphatic heterocycles. The molecule has 0 aromatic heterocycles. The minimum absolute atomic E-state index is 0.0339. The fourth-order valence-electron chi connectivity index (χ4n) is 6.22. The fraction of sp³-hybridized carbons (Fsp3) is 0.0667. The van der Waals surface area contributed by atoms with Crippen molar-refractivity contribution in [2.45, 2.75) is 7.25 Å². The van der Waals surface area contributed by atoms with E-state index in [0.717, 1.165) is 0 Å². The normalized spacial score (nSPS) is 16.4. The van der Waals surface area contributed by atoms with Crippen molar-refractivity contribution in [1.82, 2.24) is 0 Å². The molecule has 34 heavy (non-hydrogen) atoms. The summed E-state index contributed by atoms with van der Waals surface area (Å²) in [5, 5.41) is 2.67. The van der Waals surface area contributed by atoms with Crippen LogP contribution in [0.25, 0.3) is 11.1 Å². The Morgan fingerprint density at radius 3 is 1.41 bits per heavy atom. The van der Waals surface area contributed by atoms with E-state index in [4.69, 9.17) is 17.0 Å². The second-order valence-electron chi connectivity index (χ2n) is 9.38. The van der Waals surface area contributed by atoms with Gasteiger partial charge in [-0.3, -0.25) is 0 Å². The Kier molecular flexibility index (Phi) is 5.70. The van der Waals surface area contributed by atoms with Crippen molar-refractivity contribution < 1.29 is 15.6 Å². The van der Waals surface area contributed by atoms with Gasteiger partial charge in [-0.15, -0.1) is 0 Å². The Morgan fingerprint density at radius 1 is 0.529 bits per heavy atom. The SMILES string of the molecule is [Cl][Zr]([Cl])([CH]1C=CC=C1)([CH]1c2ccccc2-c2ccccc21)[SiH](c1ccccc1)c1ccccc1. The standard InChI is InChI=1S/C13H9.C12H11Si.C5H5.2ClH.Zr/c1-3-7-12-10(5-1)9-11-6-2-4-8-13(11)12;1-3-7-11(8-4-1)13-12-9-5-2-6-10-12;1-2-4-5-3-1;;;/h1-9H;1-10,13H;1-5H;2*1H;/q;;;;;+2/p-2. The first-order valence-corrected chi connectivity index (χ1v) is 26.9. The van der Waals surface area contributed by atoms with Gasteiger partial charge in [0.25, 0.3) is 0 Å². The van der Waals surface area contributed by atoms with Gasteiger partial charge in [-0.05, 0) is 0 Å². The van der Waals surface area contributed by atoms with Crippen LogP contribution in [0, 0.1) is 0 Å². The van der Waals surface area contributed by atoms with Crippen LogP contribution < -0.4 is 10.4 Å². The number of halogens is 2. The average molecular weight is 576 g/mol. The van der Waals surface area contributed by atoms with Crippen molar-refractivity contribution in [2.24, 2.45) is 0 Å². The van der Waals surface area contributed by atoms with E-state index >= 15 is 0 Å². The van der Waals surface area contributed by atoms with E-state index in [0.29, 0.717) is 0 Å². The number of fused-ring (bicyclic) bond motifs is 3. The number of hydrogen-bond acceptors (Lipinski definition) is 0. The summed E-state index contributed by atoms with van der Waals surface area (Å²) in [5.74, 6) is -2.08. The van der Waals surface area contributed by atoms with Gasteiger partial charge in [0.2, 0.25) is 0 Å². The monoisotopic (exact) mass is 573 g/mol. The molecule has 4 aromatic rings. The molecular weight excluding hydrogens is 551 g/mol. The molecule has 0 radical (unpaired) electrons. The van der Waals surface area contributed by atoms with E-state index in [-0.39, 0.29) is 7.25 Å². The third-order valence-electron chi connectivity index (χ3n) is 7.59. The quantitative estimate of drug-likeness (QED) is 0.221. The molecule has 2 aliphatic carbocycles. The molecule has 2 aliphatic rings. The van der Waals surface area contributed by atoms with E-state index < -0.39 is 21.5 Å². The summed E-state index contributed by atoms with van der Waals surface area (Å²) in [5.41, 5.74) is 5.17. The summed E-state index contributed by atoms with van der Waals surface area (Å²) in [7, 11) is 16.9. The zero-order valence-electron chi connectivity index (χ0n) is 18.7. The third-order valence-corrected chi connectivity index (χ3v) is 49.7. The van der Waals surface area contributed by atoms with E-state index in [1.807, 2.05) is 0 Å². The Morgan fingerprint density at radius 2 is 0.941 bits per heavy atom. The van der Waals surface area contributed by atoms with E-state index in [1.54, 1.807) is 0 Å². The summed E-state index contributed by atoms with van der Waals surface area (Å²) in [6.07, 6.45) is 8.83. The van der Waals surface area contributed by atoms with E-state index in [9.17, 15) is 0 Å². The average Bonchev–Trinajstić information content (AvgIpc) is 3.54. The topological polar surface area (TPSA) is 0 Å². The number of rotatable bonds is 5. The minimum atomic E-state index is -4.87. The zero-order valence-corrected chi connectivity index (χ0v) is 23.8. The van der Waals surface area contributed by atoms with Gasteiger partial charge in [0, 0.05) is 0 Å². The molecule has 0 bridgehead atoms. The van der Waals surface area contributed by atoms with Crippen LogP contribution in [0.4, 0.5) is 0 Å². The Labute approximate surface area is 210 Å². The zero-order chi connectivity index (χ0) is 23.2. The van der Waals surface area contributed by atoms with Gasteiger partial charge in [-0.2, -0.15) is 0 Å². The third kappa shape index (κ3) is 3.34. The van der Waals surface area contributed by atoms with Crippen molar-refractivity contribution in [3.63, 3.8) is 0 Å². The van der Waals surface area contributed by atoms with Gasteiger partial charge in [0.1, 0.15) is 0 Å². The molecule has 0 saturated carbocycles. The van der Waals surface area contributed by atoms with Crippen molar-refractivity contribution in [1.29, 1.82) is 0 Å². The predicted molar refractivity (Wildman–Crippen MR) is 147 cm³/mol. The number of hydrogen-bond donors (Lipinski definition) is 0. The van der Waals surface area contributed by atoms with Gasteiger partial charge in [-0.25, -0.2) is 0 Å². The molecule has 0 heterocycles. The van der Waals surface area contributed by atoms with Crippen LogP contribution in [0.3, 0.4) is 0 Å². The van der Waals surface area contributed by atoms with Crippen LogP contribution in [0.2, 0.25) is 3.63 Å². The van der Waals surface area contributed by atoms with Crippen LogP contribution in [0.15, 0.2) is 133 Å². The summed E-state index contributed by atoms with van der Waals surface area (Å²) in [6, 6.07) is 39.3.